The first kappa shape index (κ1) is 13.1. The minimum absolute atomic E-state index is 0.0428. The van der Waals surface area contributed by atoms with E-state index in [1.807, 2.05) is 0 Å². The molecule has 3 rings (SSSR count). The molecule has 1 aliphatic heterocycles. The summed E-state index contributed by atoms with van der Waals surface area (Å²) in [5.74, 6) is 0.372. The number of aliphatic hydroxyl groups is 1. The van der Waals surface area contributed by atoms with Gasteiger partial charge < -0.3 is 5.11 Å². The number of carbonyl (C=O) groups is 2. The van der Waals surface area contributed by atoms with E-state index in [-0.39, 0.29) is 35.8 Å². The van der Waals surface area contributed by atoms with Gasteiger partial charge in [0.15, 0.2) is 0 Å². The second kappa shape index (κ2) is 4.89. The fourth-order valence-corrected chi connectivity index (χ4v) is 4.23. The standard InChI is InChI=1S/C15H23NO3/c1-9-3-2-4-12-13(9)15(19)16(14(12)18)10-5-7-11(17)8-6-10/h9-13,17H,2-8H2,1H3. The molecule has 0 radical (unpaired) electrons. The van der Waals surface area contributed by atoms with Crippen molar-refractivity contribution in [3.8, 4) is 0 Å². The third kappa shape index (κ3) is 2.10. The van der Waals surface area contributed by atoms with Crippen molar-refractivity contribution in [1.29, 1.82) is 0 Å². The van der Waals surface area contributed by atoms with Gasteiger partial charge in [0.1, 0.15) is 0 Å². The average Bonchev–Trinajstić information content (AvgIpc) is 2.65. The smallest absolute Gasteiger partial charge is 0.233 e. The molecule has 3 aliphatic rings. The Kier molecular flexibility index (Phi) is 3.37. The molecule has 0 spiro atoms. The van der Waals surface area contributed by atoms with Crippen molar-refractivity contribution in [2.24, 2.45) is 17.8 Å². The molecule has 4 heteroatoms. The van der Waals surface area contributed by atoms with Crippen molar-refractivity contribution in [1.82, 2.24) is 4.90 Å². The van der Waals surface area contributed by atoms with Gasteiger partial charge in [0.25, 0.3) is 0 Å². The predicted molar refractivity (Wildman–Crippen MR) is 70.1 cm³/mol. The molecule has 1 saturated heterocycles. The van der Waals surface area contributed by atoms with Crippen LogP contribution >= 0.6 is 0 Å². The summed E-state index contributed by atoms with van der Waals surface area (Å²) in [6.45, 7) is 2.11. The van der Waals surface area contributed by atoms with Crippen LogP contribution in [0.1, 0.15) is 51.9 Å². The molecular weight excluding hydrogens is 242 g/mol. The minimum Gasteiger partial charge on any atom is -0.393 e. The molecule has 2 aliphatic carbocycles. The molecule has 106 valence electrons. The van der Waals surface area contributed by atoms with E-state index in [0.717, 1.165) is 32.1 Å². The van der Waals surface area contributed by atoms with Crippen LogP contribution in [0.2, 0.25) is 0 Å². The summed E-state index contributed by atoms with van der Waals surface area (Å²) in [5, 5.41) is 9.56. The van der Waals surface area contributed by atoms with E-state index < -0.39 is 0 Å². The second-order valence-electron chi connectivity index (χ2n) is 6.55. The molecule has 0 aromatic rings. The summed E-state index contributed by atoms with van der Waals surface area (Å²) < 4.78 is 0. The number of likely N-dealkylation sites (tertiary alicyclic amines) is 1. The van der Waals surface area contributed by atoms with E-state index in [2.05, 4.69) is 6.92 Å². The van der Waals surface area contributed by atoms with Crippen LogP contribution in [-0.4, -0.2) is 34.0 Å². The third-order valence-corrected chi connectivity index (χ3v) is 5.33. The summed E-state index contributed by atoms with van der Waals surface area (Å²) in [6.07, 6.45) is 5.74. The van der Waals surface area contributed by atoms with Crippen molar-refractivity contribution < 1.29 is 14.7 Å². The summed E-state index contributed by atoms with van der Waals surface area (Å²) in [5.41, 5.74) is 0. The molecule has 1 heterocycles. The normalized spacial score (nSPS) is 43.5. The Balaban J connectivity index is 1.79. The zero-order valence-electron chi connectivity index (χ0n) is 11.5. The zero-order chi connectivity index (χ0) is 13.6. The van der Waals surface area contributed by atoms with E-state index in [4.69, 9.17) is 0 Å². The number of fused-ring (bicyclic) bond motifs is 1. The lowest BCUT2D eigenvalue weighted by molar-refractivity contribution is -0.144. The van der Waals surface area contributed by atoms with Gasteiger partial charge in [-0.1, -0.05) is 13.3 Å². The lowest BCUT2D eigenvalue weighted by Crippen LogP contribution is -2.43. The Morgan fingerprint density at radius 2 is 1.68 bits per heavy atom. The maximum atomic E-state index is 12.6. The Hall–Kier alpha value is -0.900. The Morgan fingerprint density at radius 1 is 1.00 bits per heavy atom. The first-order valence-corrected chi connectivity index (χ1v) is 7.64. The Labute approximate surface area is 114 Å². The van der Waals surface area contributed by atoms with Crippen LogP contribution in [0.4, 0.5) is 0 Å². The molecule has 0 aromatic carbocycles. The highest BCUT2D eigenvalue weighted by molar-refractivity contribution is 6.05. The van der Waals surface area contributed by atoms with Gasteiger partial charge in [0.2, 0.25) is 11.8 Å². The van der Waals surface area contributed by atoms with Crippen molar-refractivity contribution in [2.75, 3.05) is 0 Å². The highest BCUT2D eigenvalue weighted by Crippen LogP contribution is 2.43. The SMILES string of the molecule is CC1CCCC2C(=O)N(C3CCC(O)CC3)C(=O)C12. The van der Waals surface area contributed by atoms with Gasteiger partial charge in [-0.15, -0.1) is 0 Å². The second-order valence-corrected chi connectivity index (χ2v) is 6.55. The molecule has 3 unspecified atom stereocenters. The van der Waals surface area contributed by atoms with Crippen molar-refractivity contribution >= 4 is 11.8 Å². The molecule has 3 fully saturated rings. The van der Waals surface area contributed by atoms with Crippen molar-refractivity contribution in [3.05, 3.63) is 0 Å². The number of aliphatic hydroxyl groups excluding tert-OH is 1. The molecule has 4 nitrogen and oxygen atoms in total. The van der Waals surface area contributed by atoms with Gasteiger partial charge in [-0.3, -0.25) is 14.5 Å². The number of carbonyl (C=O) groups excluding carboxylic acids is 2. The van der Waals surface area contributed by atoms with Gasteiger partial charge in [-0.25, -0.2) is 0 Å². The molecule has 0 bridgehead atoms. The van der Waals surface area contributed by atoms with E-state index in [9.17, 15) is 14.7 Å². The fraction of sp³-hybridized carbons (Fsp3) is 0.867. The lowest BCUT2D eigenvalue weighted by Gasteiger charge is -2.32. The Bertz CT molecular complexity index is 387. The van der Waals surface area contributed by atoms with E-state index in [0.29, 0.717) is 18.8 Å². The predicted octanol–water partition coefficient (Wildman–Crippen LogP) is 1.71. The molecule has 3 atom stereocenters. The van der Waals surface area contributed by atoms with Gasteiger partial charge in [0, 0.05) is 6.04 Å². The molecule has 19 heavy (non-hydrogen) atoms. The highest BCUT2D eigenvalue weighted by Gasteiger charge is 2.52. The molecule has 2 saturated carbocycles. The van der Waals surface area contributed by atoms with Gasteiger partial charge >= 0.3 is 0 Å². The van der Waals surface area contributed by atoms with Crippen LogP contribution in [0.3, 0.4) is 0 Å². The number of nitrogens with zero attached hydrogens (tertiary/aromatic N) is 1. The van der Waals surface area contributed by atoms with Crippen molar-refractivity contribution in [2.45, 2.75) is 64.0 Å². The van der Waals surface area contributed by atoms with Crippen LogP contribution in [0, 0.1) is 17.8 Å². The monoisotopic (exact) mass is 265 g/mol. The van der Waals surface area contributed by atoms with Gasteiger partial charge in [-0.05, 0) is 44.4 Å². The molecule has 0 aromatic heterocycles. The Morgan fingerprint density at radius 3 is 2.32 bits per heavy atom. The van der Waals surface area contributed by atoms with Crippen LogP contribution < -0.4 is 0 Å². The summed E-state index contributed by atoms with van der Waals surface area (Å²) in [6, 6.07) is 0.0428. The van der Waals surface area contributed by atoms with E-state index in [1.165, 1.54) is 0 Å². The minimum atomic E-state index is -0.245. The van der Waals surface area contributed by atoms with Gasteiger partial charge in [0.05, 0.1) is 17.9 Å². The lowest BCUT2D eigenvalue weighted by atomic mass is 9.74. The van der Waals surface area contributed by atoms with E-state index in [1.54, 1.807) is 4.90 Å². The number of hydrogen-bond acceptors (Lipinski definition) is 3. The summed E-state index contributed by atoms with van der Waals surface area (Å²) >= 11 is 0. The average molecular weight is 265 g/mol. The number of amides is 2. The number of rotatable bonds is 1. The number of imide groups is 1. The van der Waals surface area contributed by atoms with Gasteiger partial charge in [-0.2, -0.15) is 0 Å². The maximum absolute atomic E-state index is 12.6. The molecule has 1 N–H and O–H groups in total. The quantitative estimate of drug-likeness (QED) is 0.734. The molecule has 2 amide bonds. The first-order chi connectivity index (χ1) is 9.09. The first-order valence-electron chi connectivity index (χ1n) is 7.64. The summed E-state index contributed by atoms with van der Waals surface area (Å²) in [4.78, 5) is 26.7. The zero-order valence-corrected chi connectivity index (χ0v) is 11.5. The van der Waals surface area contributed by atoms with Crippen LogP contribution in [0.15, 0.2) is 0 Å². The van der Waals surface area contributed by atoms with Crippen LogP contribution in [0.5, 0.6) is 0 Å². The maximum Gasteiger partial charge on any atom is 0.233 e. The van der Waals surface area contributed by atoms with Crippen molar-refractivity contribution in [3.63, 3.8) is 0 Å². The number of hydrogen-bond donors (Lipinski definition) is 1. The van der Waals surface area contributed by atoms with Crippen LogP contribution in [-0.2, 0) is 9.59 Å². The topological polar surface area (TPSA) is 57.6 Å². The third-order valence-electron chi connectivity index (χ3n) is 5.33. The summed E-state index contributed by atoms with van der Waals surface area (Å²) in [7, 11) is 0. The fourth-order valence-electron chi connectivity index (χ4n) is 4.23. The molecular formula is C15H23NO3. The van der Waals surface area contributed by atoms with Crippen LogP contribution in [0.25, 0.3) is 0 Å². The van der Waals surface area contributed by atoms with E-state index >= 15 is 0 Å². The largest absolute Gasteiger partial charge is 0.393 e. The highest BCUT2D eigenvalue weighted by atomic mass is 16.3.